The van der Waals surface area contributed by atoms with Crippen LogP contribution in [-0.4, -0.2) is 48.3 Å². The van der Waals surface area contributed by atoms with E-state index >= 15 is 0 Å². The van der Waals surface area contributed by atoms with Gasteiger partial charge < -0.3 is 23.6 Å². The molecule has 3 rings (SSSR count). The molecule has 0 saturated heterocycles. The molecule has 0 aliphatic carbocycles. The van der Waals surface area contributed by atoms with Crippen molar-refractivity contribution in [1.82, 2.24) is 15.0 Å². The monoisotopic (exact) mass is 439 g/mol. The quantitative estimate of drug-likeness (QED) is 0.494. The van der Waals surface area contributed by atoms with Gasteiger partial charge in [0, 0.05) is 13.1 Å². The van der Waals surface area contributed by atoms with Gasteiger partial charge in [-0.2, -0.15) is 4.98 Å². The number of carbonyl (C=O) groups excluding carboxylic acids is 1. The standard InChI is InChI=1S/C24H29N3O5/c1-7-20(31-18-9-8-15(2)16(3)12-18)24(28)27(4)14-22-25-23(26-32-22)19-11-10-17(29-5)13-21(19)30-6/h8-13,20H,7,14H2,1-6H3/t20-/m1/s1. The topological polar surface area (TPSA) is 86.9 Å². The van der Waals surface area contributed by atoms with Crippen molar-refractivity contribution >= 4 is 5.91 Å². The number of benzene rings is 2. The van der Waals surface area contributed by atoms with Gasteiger partial charge in [-0.1, -0.05) is 18.1 Å². The summed E-state index contributed by atoms with van der Waals surface area (Å²) in [5.74, 6) is 2.43. The fraction of sp³-hybridized carbons (Fsp3) is 0.375. The van der Waals surface area contributed by atoms with E-state index in [4.69, 9.17) is 18.7 Å². The van der Waals surface area contributed by atoms with E-state index in [-0.39, 0.29) is 12.5 Å². The van der Waals surface area contributed by atoms with Crippen molar-refractivity contribution in [3.8, 4) is 28.6 Å². The summed E-state index contributed by atoms with van der Waals surface area (Å²) in [6.07, 6.45) is -0.0694. The minimum absolute atomic E-state index is 0.160. The zero-order valence-corrected chi connectivity index (χ0v) is 19.3. The molecule has 0 N–H and O–H groups in total. The predicted molar refractivity (Wildman–Crippen MR) is 120 cm³/mol. The van der Waals surface area contributed by atoms with Crippen molar-refractivity contribution in [1.29, 1.82) is 0 Å². The molecule has 0 bridgehead atoms. The number of rotatable bonds is 9. The Morgan fingerprint density at radius 2 is 1.81 bits per heavy atom. The van der Waals surface area contributed by atoms with Crippen molar-refractivity contribution in [3.63, 3.8) is 0 Å². The molecule has 0 fully saturated rings. The van der Waals surface area contributed by atoms with Gasteiger partial charge in [0.25, 0.3) is 5.91 Å². The van der Waals surface area contributed by atoms with Crippen molar-refractivity contribution in [2.75, 3.05) is 21.3 Å². The maximum atomic E-state index is 13.0. The predicted octanol–water partition coefficient (Wildman–Crippen LogP) is 4.19. The van der Waals surface area contributed by atoms with Crippen LogP contribution in [0, 0.1) is 13.8 Å². The fourth-order valence-corrected chi connectivity index (χ4v) is 3.20. The lowest BCUT2D eigenvalue weighted by molar-refractivity contribution is -0.138. The van der Waals surface area contributed by atoms with Crippen LogP contribution < -0.4 is 14.2 Å². The number of likely N-dealkylation sites (N-methyl/N-ethyl adjacent to an activating group) is 1. The van der Waals surface area contributed by atoms with Gasteiger partial charge in [-0.3, -0.25) is 4.79 Å². The Bertz CT molecular complexity index is 1080. The van der Waals surface area contributed by atoms with Gasteiger partial charge in [0.2, 0.25) is 11.7 Å². The Hall–Kier alpha value is -3.55. The highest BCUT2D eigenvalue weighted by molar-refractivity contribution is 5.81. The van der Waals surface area contributed by atoms with Crippen LogP contribution in [0.3, 0.4) is 0 Å². The number of hydrogen-bond donors (Lipinski definition) is 0. The minimum Gasteiger partial charge on any atom is -0.497 e. The first-order valence-corrected chi connectivity index (χ1v) is 10.4. The first-order valence-electron chi connectivity index (χ1n) is 10.4. The Kier molecular flexibility index (Phi) is 7.35. The summed E-state index contributed by atoms with van der Waals surface area (Å²) in [6, 6.07) is 11.1. The first kappa shape index (κ1) is 23.1. The molecular weight excluding hydrogens is 410 g/mol. The number of amides is 1. The molecule has 0 radical (unpaired) electrons. The zero-order valence-electron chi connectivity index (χ0n) is 19.3. The van der Waals surface area contributed by atoms with E-state index in [1.807, 2.05) is 39.0 Å². The van der Waals surface area contributed by atoms with E-state index in [1.54, 1.807) is 39.5 Å². The second-order valence-corrected chi connectivity index (χ2v) is 7.53. The van der Waals surface area contributed by atoms with Crippen molar-refractivity contribution in [2.45, 2.75) is 39.8 Å². The summed E-state index contributed by atoms with van der Waals surface area (Å²) in [5.41, 5.74) is 2.96. The summed E-state index contributed by atoms with van der Waals surface area (Å²) >= 11 is 0. The van der Waals surface area contributed by atoms with E-state index < -0.39 is 6.10 Å². The molecule has 170 valence electrons. The lowest BCUT2D eigenvalue weighted by atomic mass is 10.1. The number of aromatic nitrogens is 2. The third-order valence-electron chi connectivity index (χ3n) is 5.27. The highest BCUT2D eigenvalue weighted by atomic mass is 16.5. The molecule has 8 heteroatoms. The van der Waals surface area contributed by atoms with E-state index in [0.717, 1.165) is 5.56 Å². The molecule has 8 nitrogen and oxygen atoms in total. The molecule has 2 aromatic carbocycles. The lowest BCUT2D eigenvalue weighted by Crippen LogP contribution is -2.39. The van der Waals surface area contributed by atoms with Crippen LogP contribution in [0.4, 0.5) is 0 Å². The largest absolute Gasteiger partial charge is 0.497 e. The molecule has 0 unspecified atom stereocenters. The summed E-state index contributed by atoms with van der Waals surface area (Å²) in [6.45, 7) is 6.13. The molecule has 32 heavy (non-hydrogen) atoms. The molecular formula is C24H29N3O5. The molecule has 3 aromatic rings. The second kappa shape index (κ2) is 10.2. The van der Waals surface area contributed by atoms with Crippen LogP contribution in [0.1, 0.15) is 30.4 Å². The van der Waals surface area contributed by atoms with E-state index in [0.29, 0.717) is 40.9 Å². The molecule has 0 aliphatic rings. The van der Waals surface area contributed by atoms with E-state index in [2.05, 4.69) is 10.1 Å². The smallest absolute Gasteiger partial charge is 0.263 e. The average Bonchev–Trinajstić information content (AvgIpc) is 3.26. The summed E-state index contributed by atoms with van der Waals surface area (Å²) in [7, 11) is 4.83. The number of carbonyl (C=O) groups is 1. The van der Waals surface area contributed by atoms with Crippen LogP contribution in [0.5, 0.6) is 17.2 Å². The number of methoxy groups -OCH3 is 2. The molecule has 0 saturated carbocycles. The van der Waals surface area contributed by atoms with Gasteiger partial charge in [0.05, 0.1) is 26.3 Å². The summed E-state index contributed by atoms with van der Waals surface area (Å²) in [4.78, 5) is 18.9. The number of hydrogen-bond acceptors (Lipinski definition) is 7. The molecule has 1 amide bonds. The van der Waals surface area contributed by atoms with Gasteiger partial charge >= 0.3 is 0 Å². The van der Waals surface area contributed by atoms with Crippen molar-refractivity contribution in [3.05, 3.63) is 53.4 Å². The van der Waals surface area contributed by atoms with Crippen LogP contribution in [0.15, 0.2) is 40.9 Å². The highest BCUT2D eigenvalue weighted by Crippen LogP contribution is 2.31. The number of nitrogens with zero attached hydrogens (tertiary/aromatic N) is 3. The number of aryl methyl sites for hydroxylation is 2. The maximum absolute atomic E-state index is 13.0. The Labute approximate surface area is 188 Å². The van der Waals surface area contributed by atoms with Crippen molar-refractivity contribution in [2.24, 2.45) is 0 Å². The normalized spacial score (nSPS) is 11.7. The molecule has 1 heterocycles. The maximum Gasteiger partial charge on any atom is 0.263 e. The van der Waals surface area contributed by atoms with Crippen LogP contribution in [-0.2, 0) is 11.3 Å². The van der Waals surface area contributed by atoms with E-state index in [1.165, 1.54) is 10.5 Å². The highest BCUT2D eigenvalue weighted by Gasteiger charge is 2.24. The summed E-state index contributed by atoms with van der Waals surface area (Å²) < 4.78 is 22.0. The third-order valence-corrected chi connectivity index (χ3v) is 5.27. The van der Waals surface area contributed by atoms with Crippen LogP contribution in [0.25, 0.3) is 11.4 Å². The molecule has 0 spiro atoms. The Balaban J connectivity index is 1.70. The molecule has 0 aliphatic heterocycles. The zero-order chi connectivity index (χ0) is 23.3. The van der Waals surface area contributed by atoms with Crippen LogP contribution >= 0.6 is 0 Å². The lowest BCUT2D eigenvalue weighted by Gasteiger charge is -2.23. The molecule has 1 atom stereocenters. The second-order valence-electron chi connectivity index (χ2n) is 7.53. The fourth-order valence-electron chi connectivity index (χ4n) is 3.20. The van der Waals surface area contributed by atoms with Gasteiger partial charge in [-0.15, -0.1) is 0 Å². The summed E-state index contributed by atoms with van der Waals surface area (Å²) in [5, 5.41) is 4.04. The first-order chi connectivity index (χ1) is 15.4. The minimum atomic E-state index is -0.605. The Morgan fingerprint density at radius 1 is 1.06 bits per heavy atom. The SMILES string of the molecule is CC[C@@H](Oc1ccc(C)c(C)c1)C(=O)N(C)Cc1nc(-c2ccc(OC)cc2OC)no1. The van der Waals surface area contributed by atoms with Gasteiger partial charge in [-0.05, 0) is 55.7 Å². The molecule has 1 aromatic heterocycles. The third kappa shape index (κ3) is 5.19. The van der Waals surface area contributed by atoms with Crippen molar-refractivity contribution < 1.29 is 23.5 Å². The average molecular weight is 440 g/mol. The number of ether oxygens (including phenoxy) is 3. The Morgan fingerprint density at radius 3 is 2.47 bits per heavy atom. The van der Waals surface area contributed by atoms with Gasteiger partial charge in [-0.25, -0.2) is 0 Å². The van der Waals surface area contributed by atoms with Gasteiger partial charge in [0.1, 0.15) is 17.2 Å². The van der Waals surface area contributed by atoms with E-state index in [9.17, 15) is 4.79 Å². The van der Waals surface area contributed by atoms with Gasteiger partial charge in [0.15, 0.2) is 6.10 Å². The van der Waals surface area contributed by atoms with Crippen LogP contribution in [0.2, 0.25) is 0 Å².